The molecule has 0 aliphatic heterocycles. The largest absolute Gasteiger partial charge is 0.316 e. The van der Waals surface area contributed by atoms with Gasteiger partial charge in [0.05, 0.1) is 6.20 Å². The molecule has 0 amide bonds. The molecule has 2 aromatic heterocycles. The number of rotatable bonds is 7. The Hall–Kier alpha value is -1.75. The molecule has 0 saturated carbocycles. The van der Waals surface area contributed by atoms with Gasteiger partial charge in [-0.3, -0.25) is 0 Å². The van der Waals surface area contributed by atoms with Gasteiger partial charge in [-0.15, -0.1) is 0 Å². The van der Waals surface area contributed by atoms with Gasteiger partial charge in [0.15, 0.2) is 5.82 Å². The molecule has 5 nitrogen and oxygen atoms in total. The van der Waals surface area contributed by atoms with Crippen LogP contribution in [-0.2, 0) is 6.42 Å². The summed E-state index contributed by atoms with van der Waals surface area (Å²) in [6.07, 6.45) is 7.70. The van der Waals surface area contributed by atoms with Gasteiger partial charge in [0, 0.05) is 18.0 Å². The first-order valence-corrected chi connectivity index (χ1v) is 7.18. The van der Waals surface area contributed by atoms with E-state index in [2.05, 4.69) is 34.2 Å². The maximum atomic E-state index is 4.36. The van der Waals surface area contributed by atoms with Crippen LogP contribution in [-0.4, -0.2) is 32.8 Å². The summed E-state index contributed by atoms with van der Waals surface area (Å²) in [7, 11) is 0. The number of aryl methyl sites for hydroxylation is 2. The maximum Gasteiger partial charge on any atom is 0.156 e. The molecule has 20 heavy (non-hydrogen) atoms. The molecule has 108 valence electrons. The first-order chi connectivity index (χ1) is 9.65. The number of aromatic nitrogens is 4. The van der Waals surface area contributed by atoms with Crippen LogP contribution in [0, 0.1) is 12.8 Å². The Bertz CT molecular complexity index is 533. The SMILES string of the molecule is Cc1cc(-n2cc(CCCNCC(C)C)cn2)ncn1. The van der Waals surface area contributed by atoms with E-state index in [1.54, 1.807) is 6.33 Å². The lowest BCUT2D eigenvalue weighted by Gasteiger charge is -2.06. The Morgan fingerprint density at radius 1 is 1.30 bits per heavy atom. The van der Waals surface area contributed by atoms with Gasteiger partial charge in [-0.25, -0.2) is 14.6 Å². The van der Waals surface area contributed by atoms with Crippen molar-refractivity contribution in [1.29, 1.82) is 0 Å². The average Bonchev–Trinajstić information content (AvgIpc) is 2.87. The predicted octanol–water partition coefficient (Wildman–Crippen LogP) is 2.15. The van der Waals surface area contributed by atoms with Gasteiger partial charge in [-0.05, 0) is 44.3 Å². The molecular weight excluding hydrogens is 250 g/mol. The molecule has 0 radical (unpaired) electrons. The molecule has 0 fully saturated rings. The third-order valence-electron chi connectivity index (χ3n) is 3.03. The highest BCUT2D eigenvalue weighted by molar-refractivity contribution is 5.23. The molecular formula is C15H23N5. The van der Waals surface area contributed by atoms with Crippen molar-refractivity contribution in [3.05, 3.63) is 36.0 Å². The minimum atomic E-state index is 0.707. The molecule has 0 saturated heterocycles. The monoisotopic (exact) mass is 273 g/mol. The van der Waals surface area contributed by atoms with Crippen molar-refractivity contribution in [2.45, 2.75) is 33.6 Å². The highest BCUT2D eigenvalue weighted by Gasteiger charge is 2.03. The van der Waals surface area contributed by atoms with Crippen LogP contribution >= 0.6 is 0 Å². The number of hydrogen-bond donors (Lipinski definition) is 1. The molecule has 5 heteroatoms. The second-order valence-electron chi connectivity index (χ2n) is 5.51. The zero-order valence-electron chi connectivity index (χ0n) is 12.5. The van der Waals surface area contributed by atoms with Crippen molar-refractivity contribution in [2.24, 2.45) is 5.92 Å². The van der Waals surface area contributed by atoms with Crippen LogP contribution in [0.4, 0.5) is 0 Å². The lowest BCUT2D eigenvalue weighted by Crippen LogP contribution is -2.20. The van der Waals surface area contributed by atoms with Crippen molar-refractivity contribution < 1.29 is 0 Å². The van der Waals surface area contributed by atoms with Gasteiger partial charge in [-0.2, -0.15) is 5.10 Å². The van der Waals surface area contributed by atoms with E-state index in [4.69, 9.17) is 0 Å². The van der Waals surface area contributed by atoms with Crippen LogP contribution in [0.5, 0.6) is 0 Å². The Morgan fingerprint density at radius 2 is 2.15 bits per heavy atom. The Labute approximate surface area is 120 Å². The van der Waals surface area contributed by atoms with E-state index >= 15 is 0 Å². The van der Waals surface area contributed by atoms with Gasteiger partial charge in [0.25, 0.3) is 0 Å². The van der Waals surface area contributed by atoms with Crippen molar-refractivity contribution >= 4 is 0 Å². The maximum absolute atomic E-state index is 4.36. The predicted molar refractivity (Wildman–Crippen MR) is 79.9 cm³/mol. The van der Waals surface area contributed by atoms with Crippen molar-refractivity contribution in [3.8, 4) is 5.82 Å². The number of nitrogens with zero attached hydrogens (tertiary/aromatic N) is 4. The molecule has 0 aliphatic carbocycles. The van der Waals surface area contributed by atoms with Gasteiger partial charge in [0.1, 0.15) is 6.33 Å². The molecule has 1 N–H and O–H groups in total. The normalized spacial score (nSPS) is 11.2. The van der Waals surface area contributed by atoms with E-state index in [0.29, 0.717) is 5.92 Å². The van der Waals surface area contributed by atoms with E-state index in [0.717, 1.165) is 37.4 Å². The molecule has 0 spiro atoms. The molecule has 0 unspecified atom stereocenters. The summed E-state index contributed by atoms with van der Waals surface area (Å²) in [5, 5.41) is 7.81. The van der Waals surface area contributed by atoms with Gasteiger partial charge < -0.3 is 5.32 Å². The topological polar surface area (TPSA) is 55.6 Å². The quantitative estimate of drug-likeness (QED) is 0.785. The Kier molecular flexibility index (Phi) is 5.24. The fraction of sp³-hybridized carbons (Fsp3) is 0.533. The average molecular weight is 273 g/mol. The standard InChI is InChI=1S/C15H23N5/c1-12(2)8-16-6-4-5-14-9-19-20(10-14)15-7-13(3)17-11-18-15/h7,9-12,16H,4-6,8H2,1-3H3. The third-order valence-corrected chi connectivity index (χ3v) is 3.03. The first kappa shape index (κ1) is 14.7. The smallest absolute Gasteiger partial charge is 0.156 e. The van der Waals surface area contributed by atoms with Crippen molar-refractivity contribution in [3.63, 3.8) is 0 Å². The lowest BCUT2D eigenvalue weighted by molar-refractivity contribution is 0.543. The van der Waals surface area contributed by atoms with E-state index in [9.17, 15) is 0 Å². The number of nitrogens with one attached hydrogen (secondary N) is 1. The fourth-order valence-corrected chi connectivity index (χ4v) is 1.99. The molecule has 0 aromatic carbocycles. The molecule has 2 rings (SSSR count). The van der Waals surface area contributed by atoms with E-state index < -0.39 is 0 Å². The minimum Gasteiger partial charge on any atom is -0.316 e. The summed E-state index contributed by atoms with van der Waals surface area (Å²) in [5.74, 6) is 1.53. The lowest BCUT2D eigenvalue weighted by atomic mass is 10.2. The summed E-state index contributed by atoms with van der Waals surface area (Å²) in [4.78, 5) is 8.33. The molecule has 0 bridgehead atoms. The first-order valence-electron chi connectivity index (χ1n) is 7.18. The third kappa shape index (κ3) is 4.42. The van der Waals surface area contributed by atoms with Gasteiger partial charge >= 0.3 is 0 Å². The Morgan fingerprint density at radius 3 is 2.90 bits per heavy atom. The number of hydrogen-bond acceptors (Lipinski definition) is 4. The highest BCUT2D eigenvalue weighted by Crippen LogP contribution is 2.07. The summed E-state index contributed by atoms with van der Waals surface area (Å²) in [6.45, 7) is 8.53. The van der Waals surface area contributed by atoms with Crippen LogP contribution in [0.1, 0.15) is 31.5 Å². The highest BCUT2D eigenvalue weighted by atomic mass is 15.3. The second-order valence-corrected chi connectivity index (χ2v) is 5.51. The molecule has 0 atom stereocenters. The van der Waals surface area contributed by atoms with E-state index in [-0.39, 0.29) is 0 Å². The van der Waals surface area contributed by atoms with Crippen LogP contribution in [0.3, 0.4) is 0 Å². The minimum absolute atomic E-state index is 0.707. The Balaban J connectivity index is 1.83. The van der Waals surface area contributed by atoms with Crippen LogP contribution in [0.25, 0.3) is 5.82 Å². The van der Waals surface area contributed by atoms with E-state index in [1.165, 1.54) is 5.56 Å². The zero-order chi connectivity index (χ0) is 14.4. The van der Waals surface area contributed by atoms with Crippen molar-refractivity contribution in [2.75, 3.05) is 13.1 Å². The summed E-state index contributed by atoms with van der Waals surface area (Å²) in [6, 6.07) is 1.93. The van der Waals surface area contributed by atoms with E-state index in [1.807, 2.05) is 30.1 Å². The van der Waals surface area contributed by atoms with Crippen LogP contribution in [0.2, 0.25) is 0 Å². The second kappa shape index (κ2) is 7.14. The van der Waals surface area contributed by atoms with Gasteiger partial charge in [0.2, 0.25) is 0 Å². The fourth-order valence-electron chi connectivity index (χ4n) is 1.99. The summed E-state index contributed by atoms with van der Waals surface area (Å²) < 4.78 is 1.81. The van der Waals surface area contributed by atoms with Crippen molar-refractivity contribution in [1.82, 2.24) is 25.1 Å². The van der Waals surface area contributed by atoms with Crippen LogP contribution < -0.4 is 5.32 Å². The summed E-state index contributed by atoms with van der Waals surface area (Å²) >= 11 is 0. The van der Waals surface area contributed by atoms with Crippen LogP contribution in [0.15, 0.2) is 24.8 Å². The molecule has 0 aliphatic rings. The van der Waals surface area contributed by atoms with Gasteiger partial charge in [-0.1, -0.05) is 13.8 Å². The zero-order valence-corrected chi connectivity index (χ0v) is 12.5. The molecule has 2 aromatic rings. The molecule has 2 heterocycles. The summed E-state index contributed by atoms with van der Waals surface area (Å²) in [5.41, 5.74) is 2.19.